The van der Waals surface area contributed by atoms with Gasteiger partial charge in [-0.25, -0.2) is 4.79 Å². The Morgan fingerprint density at radius 3 is 1.87 bits per heavy atom. The molecule has 0 spiro atoms. The van der Waals surface area contributed by atoms with Crippen LogP contribution in [-0.4, -0.2) is 81.7 Å². The number of thiol groups is 1. The molecule has 176 valence electrons. The molecule has 0 aliphatic carbocycles. The Labute approximate surface area is 183 Å². The molecule has 0 aromatic carbocycles. The highest BCUT2D eigenvalue weighted by Gasteiger charge is 2.33. The predicted octanol–water partition coefficient (Wildman–Crippen LogP) is -4.70. The molecule has 0 saturated heterocycles. The van der Waals surface area contributed by atoms with Gasteiger partial charge in [-0.05, 0) is 13.3 Å². The van der Waals surface area contributed by atoms with E-state index in [1.54, 1.807) is 0 Å². The molecule has 0 radical (unpaired) electrons. The van der Waals surface area contributed by atoms with Crippen LogP contribution in [0.1, 0.15) is 26.2 Å². The lowest BCUT2D eigenvalue weighted by atomic mass is 10.1. The Hall–Kier alpha value is -2.91. The minimum atomic E-state index is -1.66. The fraction of sp³-hybridized carbons (Fsp3) is 0.625. The summed E-state index contributed by atoms with van der Waals surface area (Å²) >= 11 is 3.85. The molecule has 15 heteroatoms. The highest BCUT2D eigenvalue weighted by Crippen LogP contribution is 2.03. The minimum Gasteiger partial charge on any atom is -0.480 e. The highest BCUT2D eigenvalue weighted by atomic mass is 32.1. The van der Waals surface area contributed by atoms with Crippen molar-refractivity contribution in [2.45, 2.75) is 56.5 Å². The number of amides is 5. The molecule has 0 heterocycles. The maximum atomic E-state index is 12.5. The summed E-state index contributed by atoms with van der Waals surface area (Å²) in [6.07, 6.45) is -2.79. The van der Waals surface area contributed by atoms with Crippen molar-refractivity contribution in [2.75, 3.05) is 5.75 Å². The SMILES string of the molecule is CC(O)C(NC(=O)C(CC(N)=O)NC(=O)C(N)CS)C(=O)NC(CCC(N)=O)C(=O)O. The lowest BCUT2D eigenvalue weighted by Crippen LogP contribution is -2.60. The van der Waals surface area contributed by atoms with Gasteiger partial charge >= 0.3 is 5.97 Å². The molecule has 0 saturated carbocycles. The Morgan fingerprint density at radius 2 is 1.45 bits per heavy atom. The van der Waals surface area contributed by atoms with Crippen LogP contribution in [0.2, 0.25) is 0 Å². The van der Waals surface area contributed by atoms with E-state index in [1.165, 1.54) is 0 Å². The van der Waals surface area contributed by atoms with Gasteiger partial charge < -0.3 is 43.4 Å². The van der Waals surface area contributed by atoms with E-state index in [2.05, 4.69) is 28.6 Å². The molecule has 0 aromatic heterocycles. The Balaban J connectivity index is 5.40. The van der Waals surface area contributed by atoms with E-state index in [4.69, 9.17) is 22.3 Å². The van der Waals surface area contributed by atoms with Crippen LogP contribution in [0, 0.1) is 0 Å². The summed E-state index contributed by atoms with van der Waals surface area (Å²) in [5, 5.41) is 25.4. The van der Waals surface area contributed by atoms with Crippen molar-refractivity contribution in [2.24, 2.45) is 17.2 Å². The van der Waals surface area contributed by atoms with Gasteiger partial charge in [0.15, 0.2) is 0 Å². The van der Waals surface area contributed by atoms with E-state index in [0.717, 1.165) is 6.92 Å². The predicted molar refractivity (Wildman–Crippen MR) is 109 cm³/mol. The maximum absolute atomic E-state index is 12.5. The van der Waals surface area contributed by atoms with Crippen LogP contribution in [-0.2, 0) is 28.8 Å². The van der Waals surface area contributed by atoms with Gasteiger partial charge in [0.1, 0.15) is 18.1 Å². The van der Waals surface area contributed by atoms with E-state index < -0.39 is 72.2 Å². The lowest BCUT2D eigenvalue weighted by molar-refractivity contribution is -0.143. The van der Waals surface area contributed by atoms with Gasteiger partial charge in [0, 0.05) is 12.2 Å². The number of carbonyl (C=O) groups is 6. The van der Waals surface area contributed by atoms with Gasteiger partial charge in [-0.1, -0.05) is 0 Å². The van der Waals surface area contributed by atoms with Crippen LogP contribution >= 0.6 is 12.6 Å². The third-order valence-electron chi connectivity index (χ3n) is 3.93. The molecule has 5 atom stereocenters. The van der Waals surface area contributed by atoms with Crippen LogP contribution in [0.3, 0.4) is 0 Å². The molecule has 0 rings (SSSR count). The molecular formula is C16H28N6O8S. The van der Waals surface area contributed by atoms with Crippen molar-refractivity contribution >= 4 is 48.1 Å². The zero-order valence-corrected chi connectivity index (χ0v) is 17.6. The Morgan fingerprint density at radius 1 is 0.903 bits per heavy atom. The summed E-state index contributed by atoms with van der Waals surface area (Å²) in [6.45, 7) is 1.14. The van der Waals surface area contributed by atoms with E-state index >= 15 is 0 Å². The summed E-state index contributed by atoms with van der Waals surface area (Å²) in [6, 6.07) is -5.79. The minimum absolute atomic E-state index is 0.0582. The van der Waals surface area contributed by atoms with E-state index in [-0.39, 0.29) is 18.6 Å². The smallest absolute Gasteiger partial charge is 0.326 e. The van der Waals surface area contributed by atoms with Crippen LogP contribution in [0.15, 0.2) is 0 Å². The number of hydrogen-bond acceptors (Lipinski definition) is 9. The average Bonchev–Trinajstić information content (AvgIpc) is 2.66. The van der Waals surface area contributed by atoms with E-state index in [0.29, 0.717) is 0 Å². The van der Waals surface area contributed by atoms with Gasteiger partial charge in [-0.3, -0.25) is 24.0 Å². The first kappa shape index (κ1) is 28.1. The first-order valence-corrected chi connectivity index (χ1v) is 9.68. The normalized spacial score (nSPS) is 15.5. The summed E-state index contributed by atoms with van der Waals surface area (Å²) in [4.78, 5) is 70.2. The second-order valence-electron chi connectivity index (χ2n) is 6.65. The van der Waals surface area contributed by atoms with Crippen LogP contribution in [0.25, 0.3) is 0 Å². The molecule has 0 fully saturated rings. The van der Waals surface area contributed by atoms with Gasteiger partial charge in [0.05, 0.1) is 18.6 Å². The standard InChI is InChI=1S/C16H28N6O8S/c1-6(23)12(15(28)20-8(16(29)30)2-3-10(18)24)22-14(27)9(4-11(19)25)21-13(26)7(17)5-31/h6-9,12,23,31H,2-5,17H2,1H3,(H2,18,24)(H2,19,25)(H,20,28)(H,21,26)(H,22,27)(H,29,30). The molecule has 11 N–H and O–H groups in total. The molecule has 0 aromatic rings. The van der Waals surface area contributed by atoms with Crippen molar-refractivity contribution in [3.05, 3.63) is 0 Å². The van der Waals surface area contributed by atoms with Crippen molar-refractivity contribution in [3.8, 4) is 0 Å². The number of nitrogens with two attached hydrogens (primary N) is 3. The molecular weight excluding hydrogens is 436 g/mol. The molecule has 5 amide bonds. The summed E-state index contributed by atoms with van der Waals surface area (Å²) < 4.78 is 0. The number of aliphatic carboxylic acids is 1. The topological polar surface area (TPSA) is 257 Å². The fourth-order valence-electron chi connectivity index (χ4n) is 2.24. The average molecular weight is 465 g/mol. The van der Waals surface area contributed by atoms with Gasteiger partial charge in [0.2, 0.25) is 29.5 Å². The largest absolute Gasteiger partial charge is 0.480 e. The highest BCUT2D eigenvalue weighted by molar-refractivity contribution is 7.80. The molecule has 31 heavy (non-hydrogen) atoms. The third-order valence-corrected chi connectivity index (χ3v) is 4.32. The number of carboxylic acid groups (broad SMARTS) is 1. The lowest BCUT2D eigenvalue weighted by Gasteiger charge is -2.26. The fourth-order valence-corrected chi connectivity index (χ4v) is 2.40. The quantitative estimate of drug-likeness (QED) is 0.112. The number of rotatable bonds is 14. The Kier molecular flexibility index (Phi) is 12.1. The number of aliphatic hydroxyl groups excluding tert-OH is 1. The van der Waals surface area contributed by atoms with Crippen LogP contribution in [0.5, 0.6) is 0 Å². The number of carboxylic acids is 1. The first-order valence-electron chi connectivity index (χ1n) is 9.05. The van der Waals surface area contributed by atoms with Gasteiger partial charge in [-0.15, -0.1) is 0 Å². The summed E-state index contributed by atoms with van der Waals surface area (Å²) in [5.74, 6) is -6.21. The monoisotopic (exact) mass is 464 g/mol. The number of primary amides is 2. The zero-order valence-electron chi connectivity index (χ0n) is 16.7. The van der Waals surface area contributed by atoms with Crippen molar-refractivity contribution in [3.63, 3.8) is 0 Å². The maximum Gasteiger partial charge on any atom is 0.326 e. The van der Waals surface area contributed by atoms with Crippen LogP contribution in [0.4, 0.5) is 0 Å². The number of hydrogen-bond donors (Lipinski definition) is 9. The van der Waals surface area contributed by atoms with Gasteiger partial charge in [0.25, 0.3) is 0 Å². The summed E-state index contributed by atoms with van der Waals surface area (Å²) in [5.41, 5.74) is 15.5. The van der Waals surface area contributed by atoms with E-state index in [9.17, 15) is 33.9 Å². The third kappa shape index (κ3) is 10.6. The number of carbonyl (C=O) groups excluding carboxylic acids is 5. The zero-order chi connectivity index (χ0) is 24.3. The first-order chi connectivity index (χ1) is 14.3. The van der Waals surface area contributed by atoms with Crippen molar-refractivity contribution in [1.29, 1.82) is 0 Å². The second kappa shape index (κ2) is 13.4. The molecule has 0 aliphatic rings. The molecule has 5 unspecified atom stereocenters. The van der Waals surface area contributed by atoms with Gasteiger partial charge in [-0.2, -0.15) is 12.6 Å². The summed E-state index contributed by atoms with van der Waals surface area (Å²) in [7, 11) is 0. The number of aliphatic hydroxyl groups is 1. The molecule has 14 nitrogen and oxygen atoms in total. The molecule has 0 aliphatic heterocycles. The number of nitrogens with one attached hydrogen (secondary N) is 3. The second-order valence-corrected chi connectivity index (χ2v) is 7.02. The van der Waals surface area contributed by atoms with E-state index in [1.807, 2.05) is 0 Å². The molecule has 0 bridgehead atoms. The van der Waals surface area contributed by atoms with Crippen molar-refractivity contribution < 1.29 is 39.0 Å². The van der Waals surface area contributed by atoms with Crippen LogP contribution < -0.4 is 33.2 Å². The Bertz CT molecular complexity index is 704. The van der Waals surface area contributed by atoms with Crippen molar-refractivity contribution in [1.82, 2.24) is 16.0 Å².